The Morgan fingerprint density at radius 1 is 0.237 bits per heavy atom. The summed E-state index contributed by atoms with van der Waals surface area (Å²) in [6.07, 6.45) is 2.21. The summed E-state index contributed by atoms with van der Waals surface area (Å²) >= 11 is 0. The number of hydrogen-bond donors (Lipinski definition) is 8. The summed E-state index contributed by atoms with van der Waals surface area (Å²) in [6.45, 7) is 0. The van der Waals surface area contributed by atoms with Crippen LogP contribution in [0.2, 0.25) is 0 Å². The van der Waals surface area contributed by atoms with Crippen LogP contribution in [0.4, 0.5) is 0 Å². The van der Waals surface area contributed by atoms with Crippen LogP contribution in [0.15, 0.2) is 0 Å². The van der Waals surface area contributed by atoms with Crippen molar-refractivity contribution in [2.45, 2.75) is 89.9 Å². The first-order valence-electron chi connectivity index (χ1n) is 11.3. The fourth-order valence-corrected chi connectivity index (χ4v) is 1.89. The highest BCUT2D eigenvalue weighted by Gasteiger charge is 2.01. The second-order valence-corrected chi connectivity index (χ2v) is 7.27. The second kappa shape index (κ2) is 29.0. The molecule has 0 atom stereocenters. The molecule has 0 fully saturated rings. The molecule has 0 aromatic heterocycles. The lowest BCUT2D eigenvalue weighted by Gasteiger charge is -1.92. The minimum atomic E-state index is -0.948. The Bertz CT molecular complexity index is 622. The van der Waals surface area contributed by atoms with Gasteiger partial charge in [0, 0.05) is 51.4 Å². The Morgan fingerprint density at radius 3 is 0.447 bits per heavy atom. The molecule has 0 radical (unpaired) electrons. The Morgan fingerprint density at radius 2 is 0.342 bits per heavy atom. The maximum atomic E-state index is 9.90. The van der Waals surface area contributed by atoms with Gasteiger partial charge in [0.2, 0.25) is 0 Å². The molecule has 0 aliphatic rings. The summed E-state index contributed by atoms with van der Waals surface area (Å²) in [4.78, 5) is 78.7. The van der Waals surface area contributed by atoms with Gasteiger partial charge in [-0.05, 0) is 38.5 Å². The molecule has 0 unspecified atom stereocenters. The molecule has 16 nitrogen and oxygen atoms in total. The van der Waals surface area contributed by atoms with E-state index in [1.54, 1.807) is 0 Å². The van der Waals surface area contributed by atoms with Gasteiger partial charge in [-0.15, -0.1) is 0 Å². The maximum Gasteiger partial charge on any atom is 0.303 e. The van der Waals surface area contributed by atoms with E-state index in [9.17, 15) is 38.4 Å². The molecular formula is C22H36O16. The molecule has 0 saturated carbocycles. The molecule has 220 valence electrons. The van der Waals surface area contributed by atoms with Crippen molar-refractivity contribution >= 4 is 47.8 Å². The van der Waals surface area contributed by atoms with Crippen LogP contribution in [0, 0.1) is 0 Å². The van der Waals surface area contributed by atoms with Crippen LogP contribution in [0.5, 0.6) is 0 Å². The average molecular weight is 557 g/mol. The van der Waals surface area contributed by atoms with Crippen molar-refractivity contribution in [2.24, 2.45) is 0 Å². The van der Waals surface area contributed by atoms with Gasteiger partial charge in [0.1, 0.15) is 0 Å². The minimum absolute atomic E-state index is 0.0628. The zero-order valence-corrected chi connectivity index (χ0v) is 20.7. The maximum absolute atomic E-state index is 9.90. The molecule has 8 N–H and O–H groups in total. The van der Waals surface area contributed by atoms with E-state index >= 15 is 0 Å². The molecule has 0 rings (SSSR count). The van der Waals surface area contributed by atoms with Gasteiger partial charge in [-0.25, -0.2) is 0 Å². The smallest absolute Gasteiger partial charge is 0.303 e. The molecular weight excluding hydrogens is 520 g/mol. The van der Waals surface area contributed by atoms with Crippen molar-refractivity contribution in [2.75, 3.05) is 0 Å². The van der Waals surface area contributed by atoms with E-state index in [4.69, 9.17) is 40.9 Å². The highest BCUT2D eigenvalue weighted by molar-refractivity contribution is 5.70. The molecule has 0 aliphatic heterocycles. The predicted octanol–water partition coefficient (Wildman–Crippen LogP) is 2.08. The zero-order chi connectivity index (χ0) is 30.5. The highest BCUT2D eigenvalue weighted by atomic mass is 16.4. The van der Waals surface area contributed by atoms with Gasteiger partial charge in [0.15, 0.2) is 0 Å². The first-order chi connectivity index (χ1) is 17.5. The van der Waals surface area contributed by atoms with Crippen molar-refractivity contribution in [1.29, 1.82) is 0 Å². The van der Waals surface area contributed by atoms with Gasteiger partial charge < -0.3 is 40.9 Å². The summed E-state index contributed by atoms with van der Waals surface area (Å²) in [7, 11) is 0. The molecule has 0 amide bonds. The standard InChI is InChI=1S/2C6H10O4.2C5H8O4/c2*7-5(8)3-1-2-4-6(9)10;2*6-4(7)2-1-3-5(8)9/h2*1-4H2,(H,7,8)(H,9,10);2*1-3H2,(H,6,7)(H,8,9). The third-order valence-corrected chi connectivity index (χ3v) is 3.63. The van der Waals surface area contributed by atoms with E-state index < -0.39 is 47.8 Å². The molecule has 16 heteroatoms. The summed E-state index contributed by atoms with van der Waals surface area (Å²) < 4.78 is 0. The first kappa shape index (κ1) is 40.9. The topological polar surface area (TPSA) is 298 Å². The Kier molecular flexibility index (Phi) is 31.2. The Labute approximate surface area is 217 Å². The normalized spacial score (nSPS) is 9.05. The minimum Gasteiger partial charge on any atom is -0.481 e. The van der Waals surface area contributed by atoms with Crippen LogP contribution in [0.25, 0.3) is 0 Å². The number of carboxylic acids is 8. The molecule has 0 spiro atoms. The van der Waals surface area contributed by atoms with E-state index in [0.717, 1.165) is 0 Å². The summed E-state index contributed by atoms with van der Waals surface area (Å²) in [5.74, 6) is -7.27. The summed E-state index contributed by atoms with van der Waals surface area (Å²) in [5.41, 5.74) is 0. The molecule has 0 aromatic carbocycles. The summed E-state index contributed by atoms with van der Waals surface area (Å²) in [6, 6.07) is 0. The van der Waals surface area contributed by atoms with Crippen molar-refractivity contribution < 1.29 is 79.2 Å². The van der Waals surface area contributed by atoms with Crippen LogP contribution in [0.3, 0.4) is 0 Å². The fraction of sp³-hybridized carbons (Fsp3) is 0.636. The largest absolute Gasteiger partial charge is 0.481 e. The molecule has 0 saturated heterocycles. The quantitative estimate of drug-likeness (QED) is 0.112. The summed E-state index contributed by atoms with van der Waals surface area (Å²) in [5, 5.41) is 64.7. The van der Waals surface area contributed by atoms with Gasteiger partial charge in [-0.1, -0.05) is 0 Å². The average Bonchev–Trinajstić information content (AvgIpc) is 2.74. The van der Waals surface area contributed by atoms with Gasteiger partial charge in [-0.2, -0.15) is 0 Å². The zero-order valence-electron chi connectivity index (χ0n) is 20.7. The van der Waals surface area contributed by atoms with Crippen molar-refractivity contribution in [1.82, 2.24) is 0 Å². The Balaban J connectivity index is -0.000000203. The SMILES string of the molecule is O=C(O)CCCC(=O)O.O=C(O)CCCC(=O)O.O=C(O)CCCCC(=O)O.O=C(O)CCCCC(=O)O. The van der Waals surface area contributed by atoms with Gasteiger partial charge in [0.25, 0.3) is 0 Å². The Hall–Kier alpha value is -4.24. The van der Waals surface area contributed by atoms with Gasteiger partial charge in [0.05, 0.1) is 0 Å². The highest BCUT2D eigenvalue weighted by Crippen LogP contribution is 1.99. The predicted molar refractivity (Wildman–Crippen MR) is 126 cm³/mol. The lowest BCUT2D eigenvalue weighted by Crippen LogP contribution is -1.98. The molecule has 0 aliphatic carbocycles. The van der Waals surface area contributed by atoms with E-state index in [1.807, 2.05) is 0 Å². The second-order valence-electron chi connectivity index (χ2n) is 7.27. The lowest BCUT2D eigenvalue weighted by molar-refractivity contribution is -0.140. The van der Waals surface area contributed by atoms with E-state index in [-0.39, 0.29) is 64.2 Å². The van der Waals surface area contributed by atoms with Crippen LogP contribution in [-0.2, 0) is 38.4 Å². The van der Waals surface area contributed by atoms with Crippen molar-refractivity contribution in [3.05, 3.63) is 0 Å². The third-order valence-electron chi connectivity index (χ3n) is 3.63. The van der Waals surface area contributed by atoms with Crippen LogP contribution >= 0.6 is 0 Å². The molecule has 0 bridgehead atoms. The number of aliphatic carboxylic acids is 8. The van der Waals surface area contributed by atoms with Crippen molar-refractivity contribution in [3.63, 3.8) is 0 Å². The lowest BCUT2D eigenvalue weighted by atomic mass is 10.2. The van der Waals surface area contributed by atoms with E-state index in [2.05, 4.69) is 0 Å². The first-order valence-corrected chi connectivity index (χ1v) is 11.3. The molecule has 0 aromatic rings. The number of unbranched alkanes of at least 4 members (excludes halogenated alkanes) is 2. The third kappa shape index (κ3) is 63.5. The van der Waals surface area contributed by atoms with Crippen molar-refractivity contribution in [3.8, 4) is 0 Å². The number of carboxylic acid groups (broad SMARTS) is 8. The number of rotatable bonds is 18. The van der Waals surface area contributed by atoms with Gasteiger partial charge in [-0.3, -0.25) is 38.4 Å². The molecule has 38 heavy (non-hydrogen) atoms. The van der Waals surface area contributed by atoms with E-state index in [1.165, 1.54) is 0 Å². The fourth-order valence-electron chi connectivity index (χ4n) is 1.89. The van der Waals surface area contributed by atoms with E-state index in [0.29, 0.717) is 25.7 Å². The number of carbonyl (C=O) groups is 8. The number of hydrogen-bond acceptors (Lipinski definition) is 8. The molecule has 0 heterocycles. The van der Waals surface area contributed by atoms with Crippen LogP contribution < -0.4 is 0 Å². The van der Waals surface area contributed by atoms with Gasteiger partial charge >= 0.3 is 47.8 Å². The van der Waals surface area contributed by atoms with Crippen LogP contribution in [-0.4, -0.2) is 88.6 Å². The van der Waals surface area contributed by atoms with Crippen LogP contribution in [0.1, 0.15) is 89.9 Å². The monoisotopic (exact) mass is 556 g/mol.